The number of hydrogen-bond donors (Lipinski definition) is 1. The molecule has 0 saturated heterocycles. The van der Waals surface area contributed by atoms with Gasteiger partial charge in [-0.05, 0) is 45.0 Å². The maximum absolute atomic E-state index is 13.4. The zero-order valence-corrected chi connectivity index (χ0v) is 16.3. The van der Waals surface area contributed by atoms with Gasteiger partial charge in [-0.2, -0.15) is 0 Å². The van der Waals surface area contributed by atoms with Gasteiger partial charge in [0.2, 0.25) is 0 Å². The molecule has 8 heteroatoms. The van der Waals surface area contributed by atoms with Crippen LogP contribution >= 0.6 is 0 Å². The second kappa shape index (κ2) is 8.38. The average molecular weight is 401 g/mol. The average Bonchev–Trinajstić information content (AvgIpc) is 2.68. The van der Waals surface area contributed by atoms with Gasteiger partial charge in [0.25, 0.3) is 11.5 Å². The van der Waals surface area contributed by atoms with Gasteiger partial charge in [-0.15, -0.1) is 0 Å². The van der Waals surface area contributed by atoms with Crippen LogP contribution in [0.4, 0.5) is 8.78 Å². The molecule has 1 heterocycles. The molecule has 0 aliphatic carbocycles. The topological polar surface area (TPSA) is 75.3 Å². The first-order valence-corrected chi connectivity index (χ1v) is 9.16. The molecule has 152 valence electrons. The summed E-state index contributed by atoms with van der Waals surface area (Å²) in [7, 11) is 0. The first-order chi connectivity index (χ1) is 13.8. The molecule has 29 heavy (non-hydrogen) atoms. The summed E-state index contributed by atoms with van der Waals surface area (Å²) in [5.74, 6) is -2.03. The molecule has 1 atom stereocenters. The van der Waals surface area contributed by atoms with Crippen molar-refractivity contribution >= 4 is 16.8 Å². The first kappa shape index (κ1) is 20.4. The van der Waals surface area contributed by atoms with Crippen LogP contribution in [-0.2, 0) is 11.3 Å². The van der Waals surface area contributed by atoms with Gasteiger partial charge in [-0.1, -0.05) is 12.1 Å². The molecule has 0 saturated carbocycles. The minimum absolute atomic E-state index is 0.0469. The molecule has 0 spiro atoms. The van der Waals surface area contributed by atoms with E-state index < -0.39 is 17.7 Å². The molecule has 6 nitrogen and oxygen atoms in total. The summed E-state index contributed by atoms with van der Waals surface area (Å²) >= 11 is 0. The zero-order valence-electron chi connectivity index (χ0n) is 16.3. The Morgan fingerprint density at radius 2 is 1.86 bits per heavy atom. The van der Waals surface area contributed by atoms with E-state index in [0.29, 0.717) is 16.7 Å². The van der Waals surface area contributed by atoms with Crippen molar-refractivity contribution in [2.45, 2.75) is 39.5 Å². The number of aromatic nitrogens is 2. The van der Waals surface area contributed by atoms with Gasteiger partial charge in [-0.25, -0.2) is 13.8 Å². The van der Waals surface area contributed by atoms with E-state index in [1.54, 1.807) is 24.3 Å². The standard InChI is InChI=1S/C21H21F2N3O3/c1-12(2)26(11-19-24-18-7-5-4-6-15(18)20(27)25-19)21(28)13(3)29-14-8-9-16(22)17(23)10-14/h4-10,12-13H,11H2,1-3H3,(H,24,25,27). The number of para-hydroxylation sites is 1. The van der Waals surface area contributed by atoms with Crippen molar-refractivity contribution in [1.82, 2.24) is 14.9 Å². The zero-order chi connectivity index (χ0) is 21.1. The number of nitrogens with zero attached hydrogens (tertiary/aromatic N) is 2. The highest BCUT2D eigenvalue weighted by Crippen LogP contribution is 2.18. The lowest BCUT2D eigenvalue weighted by Gasteiger charge is -2.29. The highest BCUT2D eigenvalue weighted by atomic mass is 19.2. The molecule has 0 aliphatic heterocycles. The van der Waals surface area contributed by atoms with Crippen LogP contribution in [0.2, 0.25) is 0 Å². The minimum Gasteiger partial charge on any atom is -0.481 e. The largest absolute Gasteiger partial charge is 0.481 e. The van der Waals surface area contributed by atoms with Gasteiger partial charge in [0.15, 0.2) is 17.7 Å². The van der Waals surface area contributed by atoms with E-state index in [2.05, 4.69) is 9.97 Å². The normalized spacial score (nSPS) is 12.2. The molecule has 0 fully saturated rings. The fraction of sp³-hybridized carbons (Fsp3) is 0.286. The lowest BCUT2D eigenvalue weighted by Crippen LogP contribution is -2.44. The van der Waals surface area contributed by atoms with Gasteiger partial charge in [0, 0.05) is 12.1 Å². The van der Waals surface area contributed by atoms with Crippen molar-refractivity contribution in [3.05, 3.63) is 70.3 Å². The molecular weight excluding hydrogens is 380 g/mol. The first-order valence-electron chi connectivity index (χ1n) is 9.16. The number of carbonyl (C=O) groups excluding carboxylic acids is 1. The Morgan fingerprint density at radius 1 is 1.14 bits per heavy atom. The van der Waals surface area contributed by atoms with Gasteiger partial charge in [-0.3, -0.25) is 9.59 Å². The summed E-state index contributed by atoms with van der Waals surface area (Å²) in [6.07, 6.45) is -0.950. The fourth-order valence-electron chi connectivity index (χ4n) is 2.92. The Kier molecular flexibility index (Phi) is 5.91. The summed E-state index contributed by atoms with van der Waals surface area (Å²) in [6, 6.07) is 9.80. The van der Waals surface area contributed by atoms with Gasteiger partial charge in [0.05, 0.1) is 17.4 Å². The number of benzene rings is 2. The van der Waals surface area contributed by atoms with Crippen LogP contribution in [0, 0.1) is 11.6 Å². The summed E-state index contributed by atoms with van der Waals surface area (Å²) < 4.78 is 31.9. The molecule has 3 aromatic rings. The molecule has 0 radical (unpaired) electrons. The van der Waals surface area contributed by atoms with Crippen molar-refractivity contribution in [1.29, 1.82) is 0 Å². The molecular formula is C21H21F2N3O3. The molecule has 1 amide bonds. The van der Waals surface area contributed by atoms with Crippen LogP contribution in [0.15, 0.2) is 47.3 Å². The van der Waals surface area contributed by atoms with Crippen molar-refractivity contribution in [2.24, 2.45) is 0 Å². The predicted molar refractivity (Wildman–Crippen MR) is 104 cm³/mol. The van der Waals surface area contributed by atoms with Gasteiger partial charge < -0.3 is 14.6 Å². The van der Waals surface area contributed by atoms with Crippen LogP contribution in [0.3, 0.4) is 0 Å². The van der Waals surface area contributed by atoms with E-state index in [-0.39, 0.29) is 29.8 Å². The van der Waals surface area contributed by atoms with Crippen LogP contribution < -0.4 is 10.3 Å². The Labute approximate surface area is 166 Å². The molecule has 1 N–H and O–H groups in total. The van der Waals surface area contributed by atoms with E-state index in [0.717, 1.165) is 12.1 Å². The maximum atomic E-state index is 13.4. The lowest BCUT2D eigenvalue weighted by molar-refractivity contribution is -0.140. The van der Waals surface area contributed by atoms with E-state index in [9.17, 15) is 18.4 Å². The molecule has 0 aliphatic rings. The van der Waals surface area contributed by atoms with Crippen molar-refractivity contribution in [2.75, 3.05) is 0 Å². The third kappa shape index (κ3) is 4.59. The highest BCUT2D eigenvalue weighted by molar-refractivity contribution is 5.81. The summed E-state index contributed by atoms with van der Waals surface area (Å²) in [4.78, 5) is 33.8. The second-order valence-electron chi connectivity index (χ2n) is 6.93. The Morgan fingerprint density at radius 3 is 2.55 bits per heavy atom. The van der Waals surface area contributed by atoms with E-state index in [1.165, 1.54) is 17.9 Å². The summed E-state index contributed by atoms with van der Waals surface area (Å²) in [5, 5.41) is 0.466. The van der Waals surface area contributed by atoms with Gasteiger partial charge in [0.1, 0.15) is 11.6 Å². The summed E-state index contributed by atoms with van der Waals surface area (Å²) in [5.41, 5.74) is 0.251. The smallest absolute Gasteiger partial charge is 0.263 e. The number of carbonyl (C=O) groups is 1. The summed E-state index contributed by atoms with van der Waals surface area (Å²) in [6.45, 7) is 5.24. The van der Waals surface area contributed by atoms with Crippen LogP contribution in [0.1, 0.15) is 26.6 Å². The number of rotatable bonds is 6. The van der Waals surface area contributed by atoms with E-state index in [1.807, 2.05) is 13.8 Å². The minimum atomic E-state index is -1.05. The van der Waals surface area contributed by atoms with Crippen molar-refractivity contribution in [3.63, 3.8) is 0 Å². The molecule has 3 rings (SSSR count). The van der Waals surface area contributed by atoms with Crippen molar-refractivity contribution in [3.8, 4) is 5.75 Å². The number of nitrogens with one attached hydrogen (secondary N) is 1. The quantitative estimate of drug-likeness (QED) is 0.687. The number of halogens is 2. The fourth-order valence-corrected chi connectivity index (χ4v) is 2.92. The van der Waals surface area contributed by atoms with Crippen LogP contribution in [0.25, 0.3) is 10.9 Å². The number of H-pyrrole nitrogens is 1. The Bertz CT molecular complexity index is 1100. The highest BCUT2D eigenvalue weighted by Gasteiger charge is 2.25. The number of amides is 1. The second-order valence-corrected chi connectivity index (χ2v) is 6.93. The Balaban J connectivity index is 1.80. The SMILES string of the molecule is CC(Oc1ccc(F)c(F)c1)C(=O)N(Cc1nc2ccccc2c(=O)[nH]1)C(C)C. The van der Waals surface area contributed by atoms with Gasteiger partial charge >= 0.3 is 0 Å². The maximum Gasteiger partial charge on any atom is 0.263 e. The molecule has 0 bridgehead atoms. The molecule has 1 aromatic heterocycles. The molecule has 2 aromatic carbocycles. The number of ether oxygens (including phenoxy) is 1. The third-order valence-corrected chi connectivity index (χ3v) is 4.44. The van der Waals surface area contributed by atoms with Crippen molar-refractivity contribution < 1.29 is 18.3 Å². The number of hydrogen-bond acceptors (Lipinski definition) is 4. The number of aromatic amines is 1. The van der Waals surface area contributed by atoms with E-state index >= 15 is 0 Å². The monoisotopic (exact) mass is 401 g/mol. The van der Waals surface area contributed by atoms with Crippen LogP contribution in [-0.4, -0.2) is 32.9 Å². The number of fused-ring (bicyclic) bond motifs is 1. The predicted octanol–water partition coefficient (Wildman–Crippen LogP) is 3.41. The Hall–Kier alpha value is -3.29. The lowest BCUT2D eigenvalue weighted by atomic mass is 10.2. The van der Waals surface area contributed by atoms with E-state index in [4.69, 9.17) is 4.74 Å². The van der Waals surface area contributed by atoms with Crippen LogP contribution in [0.5, 0.6) is 5.75 Å². The third-order valence-electron chi connectivity index (χ3n) is 4.44. The molecule has 1 unspecified atom stereocenters.